The van der Waals surface area contributed by atoms with Gasteiger partial charge >= 0.3 is 0 Å². The largest absolute Gasteiger partial charge is 0.341 e. The van der Waals surface area contributed by atoms with E-state index in [9.17, 15) is 14.4 Å². The molecular formula is C16H25N3O3. The molecule has 6 nitrogen and oxygen atoms in total. The monoisotopic (exact) mass is 307 g/mol. The van der Waals surface area contributed by atoms with Crippen LogP contribution in [0.4, 0.5) is 0 Å². The highest BCUT2D eigenvalue weighted by atomic mass is 16.2. The van der Waals surface area contributed by atoms with E-state index in [-0.39, 0.29) is 36.1 Å². The molecule has 0 aromatic carbocycles. The zero-order valence-electron chi connectivity index (χ0n) is 13.0. The van der Waals surface area contributed by atoms with Crippen LogP contribution in [0.5, 0.6) is 0 Å². The van der Waals surface area contributed by atoms with E-state index in [1.54, 1.807) is 4.90 Å². The average Bonchev–Trinajstić information content (AvgIpc) is 2.80. The first-order valence-corrected chi connectivity index (χ1v) is 8.45. The summed E-state index contributed by atoms with van der Waals surface area (Å²) in [6.45, 7) is 1.96. The molecule has 0 radical (unpaired) electrons. The van der Waals surface area contributed by atoms with Crippen molar-refractivity contribution in [2.75, 3.05) is 26.2 Å². The molecule has 1 saturated carbocycles. The van der Waals surface area contributed by atoms with Gasteiger partial charge < -0.3 is 10.6 Å². The molecule has 122 valence electrons. The van der Waals surface area contributed by atoms with Crippen LogP contribution in [0.3, 0.4) is 0 Å². The summed E-state index contributed by atoms with van der Waals surface area (Å²) in [6.07, 6.45) is 5.43. The van der Waals surface area contributed by atoms with Crippen molar-refractivity contribution in [3.8, 4) is 0 Å². The number of amides is 3. The summed E-state index contributed by atoms with van der Waals surface area (Å²) in [4.78, 5) is 40.2. The predicted molar refractivity (Wildman–Crippen MR) is 80.5 cm³/mol. The van der Waals surface area contributed by atoms with Crippen molar-refractivity contribution >= 4 is 17.7 Å². The number of piperidine rings is 1. The molecule has 3 fully saturated rings. The van der Waals surface area contributed by atoms with Crippen molar-refractivity contribution in [1.82, 2.24) is 9.80 Å². The van der Waals surface area contributed by atoms with E-state index >= 15 is 0 Å². The Morgan fingerprint density at radius 3 is 2.05 bits per heavy atom. The maximum atomic E-state index is 12.4. The van der Waals surface area contributed by atoms with Gasteiger partial charge in [-0.2, -0.15) is 0 Å². The van der Waals surface area contributed by atoms with Crippen LogP contribution in [-0.2, 0) is 14.4 Å². The van der Waals surface area contributed by atoms with Gasteiger partial charge in [0.25, 0.3) is 0 Å². The fraction of sp³-hybridized carbons (Fsp3) is 0.812. The van der Waals surface area contributed by atoms with E-state index in [2.05, 4.69) is 0 Å². The maximum Gasteiger partial charge on any atom is 0.242 e. The van der Waals surface area contributed by atoms with Gasteiger partial charge in [-0.05, 0) is 38.1 Å². The average molecular weight is 307 g/mol. The fourth-order valence-corrected chi connectivity index (χ4v) is 4.04. The third-order valence-electron chi connectivity index (χ3n) is 5.53. The van der Waals surface area contributed by atoms with Crippen molar-refractivity contribution in [3.05, 3.63) is 0 Å². The van der Waals surface area contributed by atoms with Crippen LogP contribution < -0.4 is 5.73 Å². The van der Waals surface area contributed by atoms with Crippen LogP contribution in [0.2, 0.25) is 0 Å². The van der Waals surface area contributed by atoms with Crippen LogP contribution in [0.25, 0.3) is 0 Å². The van der Waals surface area contributed by atoms with Crippen molar-refractivity contribution in [2.24, 2.45) is 23.5 Å². The Morgan fingerprint density at radius 2 is 1.55 bits per heavy atom. The lowest BCUT2D eigenvalue weighted by molar-refractivity contribution is -0.147. The smallest absolute Gasteiger partial charge is 0.242 e. The zero-order chi connectivity index (χ0) is 15.7. The Bertz CT molecular complexity index is 447. The van der Waals surface area contributed by atoms with E-state index in [1.165, 1.54) is 4.90 Å². The number of carbonyl (C=O) groups is 3. The second kappa shape index (κ2) is 6.36. The number of fused-ring (bicyclic) bond motifs is 1. The van der Waals surface area contributed by atoms with E-state index in [0.29, 0.717) is 25.6 Å². The Labute approximate surface area is 131 Å². The fourth-order valence-electron chi connectivity index (χ4n) is 4.04. The Morgan fingerprint density at radius 1 is 1.00 bits per heavy atom. The van der Waals surface area contributed by atoms with E-state index in [4.69, 9.17) is 5.73 Å². The standard InChI is InChI=1S/C16H25N3O3/c17-9-11-5-7-18(8-6-11)14(20)10-19-15(21)12-3-1-2-4-13(12)16(19)22/h11-13H,1-10,17H2. The molecule has 3 amide bonds. The minimum Gasteiger partial charge on any atom is -0.341 e. The molecule has 0 bridgehead atoms. The lowest BCUT2D eigenvalue weighted by Crippen LogP contribution is -2.46. The van der Waals surface area contributed by atoms with Crippen molar-refractivity contribution in [3.63, 3.8) is 0 Å². The highest BCUT2D eigenvalue weighted by molar-refractivity contribution is 6.07. The van der Waals surface area contributed by atoms with Gasteiger partial charge in [0.15, 0.2) is 0 Å². The number of nitrogens with two attached hydrogens (primary N) is 1. The molecule has 0 aromatic heterocycles. The molecule has 2 atom stereocenters. The number of likely N-dealkylation sites (tertiary alicyclic amines) is 2. The molecule has 2 N–H and O–H groups in total. The molecule has 3 rings (SSSR count). The molecule has 22 heavy (non-hydrogen) atoms. The summed E-state index contributed by atoms with van der Waals surface area (Å²) in [5.74, 6) is -0.202. The Hall–Kier alpha value is -1.43. The van der Waals surface area contributed by atoms with Gasteiger partial charge in [0.2, 0.25) is 17.7 Å². The second-order valence-electron chi connectivity index (χ2n) is 6.82. The molecule has 3 aliphatic rings. The van der Waals surface area contributed by atoms with Crippen LogP contribution in [0, 0.1) is 17.8 Å². The Kier molecular flexibility index (Phi) is 4.47. The SMILES string of the molecule is NCC1CCN(C(=O)CN2C(=O)C3CCCCC3C2=O)CC1. The molecular weight excluding hydrogens is 282 g/mol. The minimum absolute atomic E-state index is 0.0715. The minimum atomic E-state index is -0.169. The quantitative estimate of drug-likeness (QED) is 0.763. The third kappa shape index (κ3) is 2.76. The lowest BCUT2D eigenvalue weighted by Gasteiger charge is -2.32. The topological polar surface area (TPSA) is 83.7 Å². The third-order valence-corrected chi connectivity index (χ3v) is 5.53. The summed E-state index contributed by atoms with van der Waals surface area (Å²) in [5, 5.41) is 0. The summed E-state index contributed by atoms with van der Waals surface area (Å²) >= 11 is 0. The highest BCUT2D eigenvalue weighted by Gasteiger charge is 2.48. The number of hydrogen-bond acceptors (Lipinski definition) is 4. The first-order valence-electron chi connectivity index (χ1n) is 8.45. The number of imide groups is 1. The van der Waals surface area contributed by atoms with Crippen LogP contribution >= 0.6 is 0 Å². The van der Waals surface area contributed by atoms with Crippen molar-refractivity contribution < 1.29 is 14.4 Å². The molecule has 0 aromatic rings. The molecule has 2 unspecified atom stereocenters. The summed E-state index contributed by atoms with van der Waals surface area (Å²) in [6, 6.07) is 0. The molecule has 6 heteroatoms. The number of nitrogens with zero attached hydrogens (tertiary/aromatic N) is 2. The van der Waals surface area contributed by atoms with Crippen LogP contribution in [0.15, 0.2) is 0 Å². The molecule has 1 aliphatic carbocycles. The van der Waals surface area contributed by atoms with Crippen molar-refractivity contribution in [2.45, 2.75) is 38.5 Å². The van der Waals surface area contributed by atoms with Gasteiger partial charge in [-0.25, -0.2) is 0 Å². The van der Waals surface area contributed by atoms with Gasteiger partial charge in [0, 0.05) is 13.1 Å². The van der Waals surface area contributed by atoms with E-state index in [0.717, 1.165) is 38.5 Å². The van der Waals surface area contributed by atoms with Crippen LogP contribution in [0.1, 0.15) is 38.5 Å². The number of rotatable bonds is 3. The second-order valence-corrected chi connectivity index (χ2v) is 6.82. The summed E-state index contributed by atoms with van der Waals surface area (Å²) in [5.41, 5.74) is 5.66. The number of carbonyl (C=O) groups excluding carboxylic acids is 3. The number of hydrogen-bond donors (Lipinski definition) is 1. The van der Waals surface area contributed by atoms with Crippen LogP contribution in [-0.4, -0.2) is 53.7 Å². The lowest BCUT2D eigenvalue weighted by atomic mass is 9.81. The first-order chi connectivity index (χ1) is 10.6. The molecule has 2 saturated heterocycles. The first kappa shape index (κ1) is 15.5. The Balaban J connectivity index is 1.59. The van der Waals surface area contributed by atoms with Gasteiger partial charge in [0.05, 0.1) is 11.8 Å². The maximum absolute atomic E-state index is 12.4. The molecule has 2 heterocycles. The van der Waals surface area contributed by atoms with E-state index < -0.39 is 0 Å². The zero-order valence-corrected chi connectivity index (χ0v) is 13.0. The van der Waals surface area contributed by atoms with Gasteiger partial charge in [-0.1, -0.05) is 12.8 Å². The van der Waals surface area contributed by atoms with Gasteiger partial charge in [-0.15, -0.1) is 0 Å². The highest BCUT2D eigenvalue weighted by Crippen LogP contribution is 2.37. The summed E-state index contributed by atoms with van der Waals surface area (Å²) in [7, 11) is 0. The normalized spacial score (nSPS) is 29.9. The molecule has 2 aliphatic heterocycles. The predicted octanol–water partition coefficient (Wildman–Crippen LogP) is 0.359. The van der Waals surface area contributed by atoms with Crippen molar-refractivity contribution in [1.29, 1.82) is 0 Å². The van der Waals surface area contributed by atoms with Gasteiger partial charge in [0.1, 0.15) is 6.54 Å². The van der Waals surface area contributed by atoms with E-state index in [1.807, 2.05) is 0 Å². The molecule has 0 spiro atoms. The van der Waals surface area contributed by atoms with Gasteiger partial charge in [-0.3, -0.25) is 19.3 Å². The summed E-state index contributed by atoms with van der Waals surface area (Å²) < 4.78 is 0.